The average Bonchev–Trinajstić information content (AvgIpc) is 3.18. The maximum atomic E-state index is 4.31. The lowest BCUT2D eigenvalue weighted by Crippen LogP contribution is -2.01. The third-order valence-electron chi connectivity index (χ3n) is 3.63. The quantitative estimate of drug-likeness (QED) is 0.555. The summed E-state index contributed by atoms with van der Waals surface area (Å²) in [7, 11) is 0. The van der Waals surface area contributed by atoms with Gasteiger partial charge in [-0.15, -0.1) is 5.10 Å². The zero-order chi connectivity index (χ0) is 15.6. The van der Waals surface area contributed by atoms with Crippen molar-refractivity contribution in [1.82, 2.24) is 29.5 Å². The molecule has 4 aromatic rings. The van der Waals surface area contributed by atoms with Gasteiger partial charge in [0, 0.05) is 22.3 Å². The second-order valence-corrected chi connectivity index (χ2v) is 6.10. The van der Waals surface area contributed by atoms with E-state index in [2.05, 4.69) is 42.3 Å². The molecule has 0 aliphatic heterocycles. The highest BCUT2D eigenvalue weighted by atomic mass is 79.9. The monoisotopic (exact) mass is 368 g/mol. The lowest BCUT2D eigenvalue weighted by Gasteiger charge is -2.03. The fraction of sp³-hybridized carbons (Fsp3) is 0.125. The Morgan fingerprint density at radius 1 is 1.09 bits per heavy atom. The Morgan fingerprint density at radius 3 is 2.91 bits per heavy atom. The second-order valence-electron chi connectivity index (χ2n) is 5.24. The summed E-state index contributed by atoms with van der Waals surface area (Å²) in [5.41, 5.74) is 2.97. The molecule has 0 unspecified atom stereocenters. The van der Waals surface area contributed by atoms with Gasteiger partial charge in [-0.1, -0.05) is 39.3 Å². The first kappa shape index (κ1) is 14.1. The molecule has 3 heterocycles. The summed E-state index contributed by atoms with van der Waals surface area (Å²) in [5, 5.41) is 9.49. The number of fused-ring (bicyclic) bond motifs is 1. The highest BCUT2D eigenvalue weighted by Gasteiger charge is 2.07. The van der Waals surface area contributed by atoms with Crippen LogP contribution in [0.5, 0.6) is 0 Å². The Hall–Kier alpha value is -2.54. The Bertz CT molecular complexity index is 958. The summed E-state index contributed by atoms with van der Waals surface area (Å²) in [6.45, 7) is 1.32. The molecule has 0 bridgehead atoms. The van der Waals surface area contributed by atoms with E-state index in [1.807, 2.05) is 52.1 Å². The van der Waals surface area contributed by atoms with E-state index >= 15 is 0 Å². The van der Waals surface area contributed by atoms with E-state index in [1.165, 1.54) is 5.56 Å². The molecule has 0 N–H and O–H groups in total. The normalized spacial score (nSPS) is 11.2. The van der Waals surface area contributed by atoms with Crippen LogP contribution in [0.4, 0.5) is 0 Å². The topological polar surface area (TPSA) is 61.4 Å². The number of rotatable bonds is 4. The van der Waals surface area contributed by atoms with Crippen molar-refractivity contribution in [2.75, 3.05) is 0 Å². The van der Waals surface area contributed by atoms with Crippen LogP contribution in [0.15, 0.2) is 59.7 Å². The zero-order valence-electron chi connectivity index (χ0n) is 12.2. The number of hydrogen-bond acceptors (Lipinski definition) is 4. The van der Waals surface area contributed by atoms with Crippen LogP contribution < -0.4 is 0 Å². The summed E-state index contributed by atoms with van der Waals surface area (Å²) < 4.78 is 4.96. The summed E-state index contributed by atoms with van der Waals surface area (Å²) in [4.78, 5) is 8.35. The van der Waals surface area contributed by atoms with E-state index in [1.54, 1.807) is 6.33 Å². The zero-order valence-corrected chi connectivity index (χ0v) is 13.8. The molecule has 23 heavy (non-hydrogen) atoms. The van der Waals surface area contributed by atoms with E-state index in [0.717, 1.165) is 21.2 Å². The molecule has 0 radical (unpaired) electrons. The van der Waals surface area contributed by atoms with Crippen molar-refractivity contribution in [2.24, 2.45) is 0 Å². The number of halogens is 1. The number of nitrogens with zero attached hydrogens (tertiary/aromatic N) is 6. The van der Waals surface area contributed by atoms with Crippen LogP contribution in [0, 0.1) is 0 Å². The molecule has 0 aliphatic rings. The molecule has 3 aromatic heterocycles. The molecule has 6 nitrogen and oxygen atoms in total. The summed E-state index contributed by atoms with van der Waals surface area (Å²) in [5.74, 6) is 0. The van der Waals surface area contributed by atoms with Crippen molar-refractivity contribution in [3.8, 4) is 0 Å². The predicted octanol–water partition coefficient (Wildman–Crippen LogP) is 2.88. The van der Waals surface area contributed by atoms with E-state index in [0.29, 0.717) is 13.1 Å². The Labute approximate surface area is 140 Å². The first-order chi connectivity index (χ1) is 11.3. The lowest BCUT2D eigenvalue weighted by molar-refractivity contribution is 0.647. The third kappa shape index (κ3) is 2.87. The van der Waals surface area contributed by atoms with Crippen LogP contribution >= 0.6 is 15.9 Å². The van der Waals surface area contributed by atoms with Gasteiger partial charge in [0.15, 0.2) is 0 Å². The van der Waals surface area contributed by atoms with E-state index < -0.39 is 0 Å². The molecule has 1 aromatic carbocycles. The summed E-state index contributed by atoms with van der Waals surface area (Å²) >= 11 is 3.56. The molecule has 0 atom stereocenters. The Morgan fingerprint density at radius 2 is 2.00 bits per heavy atom. The van der Waals surface area contributed by atoms with E-state index in [4.69, 9.17) is 0 Å². The first-order valence-corrected chi connectivity index (χ1v) is 7.96. The van der Waals surface area contributed by atoms with Gasteiger partial charge in [-0.05, 0) is 17.7 Å². The fourth-order valence-electron chi connectivity index (χ4n) is 2.52. The molecule has 0 spiro atoms. The minimum Gasteiger partial charge on any atom is -0.326 e. The van der Waals surface area contributed by atoms with Crippen LogP contribution in [0.2, 0.25) is 0 Å². The third-order valence-corrected chi connectivity index (χ3v) is 4.41. The standard InChI is InChI=1S/C16H13BrN6/c17-15-4-2-1-3-13(15)8-23-10-14(20-21-23)9-22-6-5-12-7-18-11-19-16(12)22/h1-7,10-11H,8-9H2. The van der Waals surface area contributed by atoms with Crippen molar-refractivity contribution in [1.29, 1.82) is 0 Å². The minimum atomic E-state index is 0.635. The average molecular weight is 369 g/mol. The number of hydrogen-bond donors (Lipinski definition) is 0. The van der Waals surface area contributed by atoms with Crippen LogP contribution in [-0.2, 0) is 13.1 Å². The van der Waals surface area contributed by atoms with Gasteiger partial charge < -0.3 is 4.57 Å². The summed E-state index contributed by atoms with van der Waals surface area (Å²) in [6, 6.07) is 10.1. The lowest BCUT2D eigenvalue weighted by atomic mass is 10.2. The van der Waals surface area contributed by atoms with Crippen molar-refractivity contribution in [3.63, 3.8) is 0 Å². The fourth-order valence-corrected chi connectivity index (χ4v) is 2.93. The van der Waals surface area contributed by atoms with Crippen LogP contribution in [-0.4, -0.2) is 29.5 Å². The molecule has 0 saturated carbocycles. The van der Waals surface area contributed by atoms with Crippen molar-refractivity contribution < 1.29 is 0 Å². The maximum Gasteiger partial charge on any atom is 0.143 e. The van der Waals surface area contributed by atoms with Gasteiger partial charge in [0.1, 0.15) is 17.7 Å². The highest BCUT2D eigenvalue weighted by Crippen LogP contribution is 2.17. The first-order valence-electron chi connectivity index (χ1n) is 7.17. The molecule has 0 aliphatic carbocycles. The van der Waals surface area contributed by atoms with Crippen molar-refractivity contribution in [2.45, 2.75) is 13.1 Å². The van der Waals surface area contributed by atoms with Gasteiger partial charge in [0.05, 0.1) is 19.3 Å². The predicted molar refractivity (Wildman–Crippen MR) is 89.9 cm³/mol. The SMILES string of the molecule is Brc1ccccc1Cn1cc(Cn2ccc3cncnc32)nn1. The maximum absolute atomic E-state index is 4.31. The largest absolute Gasteiger partial charge is 0.326 e. The molecule has 4 rings (SSSR count). The van der Waals surface area contributed by atoms with Gasteiger partial charge in [0.25, 0.3) is 0 Å². The van der Waals surface area contributed by atoms with Crippen molar-refractivity contribution >= 4 is 27.0 Å². The molecule has 114 valence electrons. The van der Waals surface area contributed by atoms with Crippen LogP contribution in [0.25, 0.3) is 11.0 Å². The molecular weight excluding hydrogens is 356 g/mol. The van der Waals surface area contributed by atoms with Gasteiger partial charge in [0.2, 0.25) is 0 Å². The van der Waals surface area contributed by atoms with Crippen molar-refractivity contribution in [3.05, 3.63) is 71.0 Å². The second kappa shape index (κ2) is 5.92. The molecule has 0 saturated heterocycles. The smallest absolute Gasteiger partial charge is 0.143 e. The Kier molecular flexibility index (Phi) is 3.63. The molecule has 0 amide bonds. The van der Waals surface area contributed by atoms with E-state index in [9.17, 15) is 0 Å². The summed E-state index contributed by atoms with van der Waals surface area (Å²) in [6.07, 6.45) is 7.32. The molecule has 7 heteroatoms. The van der Waals surface area contributed by atoms with E-state index in [-0.39, 0.29) is 0 Å². The van der Waals surface area contributed by atoms with Gasteiger partial charge in [-0.2, -0.15) is 0 Å². The van der Waals surface area contributed by atoms with Gasteiger partial charge in [-0.3, -0.25) is 0 Å². The van der Waals surface area contributed by atoms with Gasteiger partial charge in [-0.25, -0.2) is 14.6 Å². The minimum absolute atomic E-state index is 0.635. The van der Waals surface area contributed by atoms with Crippen LogP contribution in [0.3, 0.4) is 0 Å². The number of aromatic nitrogens is 6. The highest BCUT2D eigenvalue weighted by molar-refractivity contribution is 9.10. The van der Waals surface area contributed by atoms with Crippen LogP contribution in [0.1, 0.15) is 11.3 Å². The molecular formula is C16H13BrN6. The number of benzene rings is 1. The van der Waals surface area contributed by atoms with Gasteiger partial charge >= 0.3 is 0 Å². The Balaban J connectivity index is 1.55. The molecule has 0 fully saturated rings.